The number of rotatable bonds is 8. The third-order valence-corrected chi connectivity index (χ3v) is 5.36. The Balaban J connectivity index is 0.00000480. The van der Waals surface area contributed by atoms with Crippen LogP contribution in [0.4, 0.5) is 26.3 Å². The van der Waals surface area contributed by atoms with E-state index in [-0.39, 0.29) is 25.5 Å². The molecule has 0 saturated heterocycles. The molecule has 0 saturated carbocycles. The fraction of sp³-hybridized carbons (Fsp3) is 0.350. The molecule has 0 amide bonds. The molecule has 0 spiro atoms. The second kappa shape index (κ2) is 11.4. The molecule has 0 aliphatic rings. The summed E-state index contributed by atoms with van der Waals surface area (Å²) in [4.78, 5) is 12.6. The fourth-order valence-electron chi connectivity index (χ4n) is 2.68. The number of carbonyl (C=O) groups excluding carboxylic acids is 1. The number of ether oxygens (including phenoxy) is 2. The maximum absolute atomic E-state index is 13.3. The number of hydrogen-bond donors (Lipinski definition) is 0. The first-order chi connectivity index (χ1) is 13.9. The zero-order valence-electron chi connectivity index (χ0n) is 16.1. The molecule has 0 N–H and O–H groups in total. The van der Waals surface area contributed by atoms with Crippen LogP contribution in [-0.2, 0) is 17.1 Å². The molecule has 3 nitrogen and oxygen atoms in total. The van der Waals surface area contributed by atoms with Gasteiger partial charge in [-0.1, -0.05) is 12.1 Å². The van der Waals surface area contributed by atoms with E-state index in [1.54, 1.807) is 13.0 Å². The Morgan fingerprint density at radius 3 is 2.03 bits per heavy atom. The second-order valence-electron chi connectivity index (χ2n) is 6.20. The minimum atomic E-state index is -5.09. The standard InChI is InChI=1S/C20H19F6O3P.Li.H/c1-3-28-9-10-29-13-7-8-16(12(2)11-13)30-18(27)17-14(19(21,22)23)5-4-6-15(17)20(24,25)26;;/h4-8,11,30H,3,9-10H2,1-2H3;;. The number of benzene rings is 2. The summed E-state index contributed by atoms with van der Waals surface area (Å²) in [7, 11) is -0.915. The van der Waals surface area contributed by atoms with E-state index < -0.39 is 43.1 Å². The maximum atomic E-state index is 13.3. The summed E-state index contributed by atoms with van der Waals surface area (Å²) < 4.78 is 90.3. The van der Waals surface area contributed by atoms with Crippen LogP contribution in [0.1, 0.15) is 34.0 Å². The SMILES string of the molecule is CCOCCOc1ccc(PC(=O)c2c(C(F)(F)F)cccc2C(F)(F)F)c(C)c1.[LiH]. The molecule has 1 unspecified atom stereocenters. The van der Waals surface area contributed by atoms with Gasteiger partial charge >= 0.3 is 31.2 Å². The first kappa shape index (κ1) is 27.5. The van der Waals surface area contributed by atoms with Gasteiger partial charge in [0.05, 0.1) is 17.7 Å². The van der Waals surface area contributed by atoms with Gasteiger partial charge < -0.3 is 9.47 Å². The summed E-state index contributed by atoms with van der Waals surface area (Å²) in [5, 5.41) is 0.335. The van der Waals surface area contributed by atoms with Crippen molar-refractivity contribution < 1.29 is 40.6 Å². The average Bonchev–Trinajstić information content (AvgIpc) is 2.65. The molecule has 0 radical (unpaired) electrons. The van der Waals surface area contributed by atoms with E-state index in [1.807, 2.05) is 6.92 Å². The first-order valence-corrected chi connectivity index (χ1v) is 9.85. The number of halogens is 6. The van der Waals surface area contributed by atoms with Gasteiger partial charge in [-0.3, -0.25) is 4.79 Å². The van der Waals surface area contributed by atoms with Crippen LogP contribution in [0.3, 0.4) is 0 Å². The molecular weight excluding hydrogens is 440 g/mol. The summed E-state index contributed by atoms with van der Waals surface area (Å²) in [6.45, 7) is 4.61. The van der Waals surface area contributed by atoms with E-state index in [1.165, 1.54) is 12.1 Å². The Bertz CT molecular complexity index is 867. The summed E-state index contributed by atoms with van der Waals surface area (Å²) in [5.74, 6) is 0.458. The second-order valence-corrected chi connectivity index (χ2v) is 7.44. The summed E-state index contributed by atoms with van der Waals surface area (Å²) in [6.07, 6.45) is -10.2. The molecule has 0 aliphatic carbocycles. The van der Waals surface area contributed by atoms with Gasteiger partial charge in [0.2, 0.25) is 0 Å². The number of alkyl halides is 6. The molecule has 0 bridgehead atoms. The monoisotopic (exact) mass is 460 g/mol. The van der Waals surface area contributed by atoms with Crippen LogP contribution >= 0.6 is 8.58 Å². The van der Waals surface area contributed by atoms with Gasteiger partial charge in [0.1, 0.15) is 12.4 Å². The fourth-order valence-corrected chi connectivity index (χ4v) is 3.76. The first-order valence-electron chi connectivity index (χ1n) is 8.85. The molecule has 2 aromatic rings. The molecule has 31 heavy (non-hydrogen) atoms. The van der Waals surface area contributed by atoms with Gasteiger partial charge in [-0.15, -0.1) is 0 Å². The topological polar surface area (TPSA) is 35.5 Å². The normalized spacial score (nSPS) is 12.1. The van der Waals surface area contributed by atoms with Gasteiger partial charge in [0.25, 0.3) is 0 Å². The molecule has 0 aliphatic heterocycles. The van der Waals surface area contributed by atoms with Gasteiger partial charge in [-0.25, -0.2) is 0 Å². The van der Waals surface area contributed by atoms with Crippen LogP contribution in [-0.4, -0.2) is 44.2 Å². The van der Waals surface area contributed by atoms with Gasteiger partial charge in [0, 0.05) is 12.2 Å². The third kappa shape index (κ3) is 7.53. The Morgan fingerprint density at radius 2 is 1.55 bits per heavy atom. The summed E-state index contributed by atoms with van der Waals surface area (Å²) in [5.41, 5.74) is -5.25. The predicted octanol–water partition coefficient (Wildman–Crippen LogP) is 4.94. The van der Waals surface area contributed by atoms with Crippen molar-refractivity contribution in [1.29, 1.82) is 0 Å². The Labute approximate surface area is 189 Å². The average molecular weight is 460 g/mol. The number of carbonyl (C=O) groups is 1. The zero-order valence-corrected chi connectivity index (χ0v) is 17.1. The quantitative estimate of drug-likeness (QED) is 0.242. The number of hydrogen-bond acceptors (Lipinski definition) is 3. The van der Waals surface area contributed by atoms with Crippen molar-refractivity contribution in [3.8, 4) is 5.75 Å². The van der Waals surface area contributed by atoms with E-state index in [9.17, 15) is 31.1 Å². The summed E-state index contributed by atoms with van der Waals surface area (Å²) in [6, 6.07) is 6.15. The van der Waals surface area contributed by atoms with Gasteiger partial charge in [-0.2, -0.15) is 26.3 Å². The molecule has 11 heteroatoms. The van der Waals surface area contributed by atoms with Gasteiger partial charge in [0.15, 0.2) is 5.52 Å². The molecule has 166 valence electrons. The third-order valence-electron chi connectivity index (χ3n) is 4.05. The molecule has 1 atom stereocenters. The summed E-state index contributed by atoms with van der Waals surface area (Å²) >= 11 is 0. The van der Waals surface area contributed by atoms with Crippen molar-refractivity contribution in [1.82, 2.24) is 0 Å². The van der Waals surface area contributed by atoms with E-state index >= 15 is 0 Å². The van der Waals surface area contributed by atoms with E-state index in [0.29, 0.717) is 48.0 Å². The van der Waals surface area contributed by atoms with Gasteiger partial charge in [-0.05, 0) is 57.6 Å². The van der Waals surface area contributed by atoms with Crippen molar-refractivity contribution >= 4 is 38.3 Å². The van der Waals surface area contributed by atoms with Crippen LogP contribution in [0, 0.1) is 6.92 Å². The molecule has 2 rings (SSSR count). The zero-order chi connectivity index (χ0) is 22.5. The van der Waals surface area contributed by atoms with Crippen molar-refractivity contribution in [2.24, 2.45) is 0 Å². The van der Waals surface area contributed by atoms with Crippen molar-refractivity contribution in [3.63, 3.8) is 0 Å². The van der Waals surface area contributed by atoms with Crippen molar-refractivity contribution in [3.05, 3.63) is 58.7 Å². The van der Waals surface area contributed by atoms with Crippen molar-refractivity contribution in [2.75, 3.05) is 19.8 Å². The van der Waals surface area contributed by atoms with Crippen LogP contribution in [0.2, 0.25) is 0 Å². The van der Waals surface area contributed by atoms with E-state index in [2.05, 4.69) is 0 Å². The molecule has 0 aromatic heterocycles. The van der Waals surface area contributed by atoms with Crippen LogP contribution in [0.5, 0.6) is 5.75 Å². The van der Waals surface area contributed by atoms with Crippen molar-refractivity contribution in [2.45, 2.75) is 26.2 Å². The van der Waals surface area contributed by atoms with E-state index in [4.69, 9.17) is 9.47 Å². The molecular formula is C20H20F6LiO3P. The van der Waals surface area contributed by atoms with Crippen LogP contribution in [0.25, 0.3) is 0 Å². The molecule has 0 heterocycles. The Hall–Kier alpha value is -1.52. The molecule has 2 aromatic carbocycles. The van der Waals surface area contributed by atoms with Crippen LogP contribution in [0.15, 0.2) is 36.4 Å². The number of aryl methyl sites for hydroxylation is 1. The van der Waals surface area contributed by atoms with Crippen LogP contribution < -0.4 is 10.0 Å². The minimum absolute atomic E-state index is 0. The molecule has 0 fully saturated rings. The predicted molar refractivity (Wildman–Crippen MR) is 109 cm³/mol. The van der Waals surface area contributed by atoms with E-state index in [0.717, 1.165) is 0 Å². The Kier molecular flexibility index (Phi) is 10.1. The Morgan fingerprint density at radius 1 is 0.968 bits per heavy atom.